The molecule has 1 aliphatic heterocycles. The number of hydrogen-bond acceptors (Lipinski definition) is 4. The van der Waals surface area contributed by atoms with E-state index >= 15 is 0 Å². The number of amides is 1. The van der Waals surface area contributed by atoms with E-state index in [1.165, 1.54) is 0 Å². The second kappa shape index (κ2) is 5.93. The molecule has 2 aromatic rings. The van der Waals surface area contributed by atoms with Crippen molar-refractivity contribution >= 4 is 16.8 Å². The minimum atomic E-state index is 0.0378. The zero-order valence-electron chi connectivity index (χ0n) is 13.0. The molecule has 1 saturated heterocycles. The van der Waals surface area contributed by atoms with Crippen LogP contribution in [0.4, 0.5) is 0 Å². The van der Waals surface area contributed by atoms with Gasteiger partial charge in [-0.3, -0.25) is 9.78 Å². The Labute approximate surface area is 130 Å². The van der Waals surface area contributed by atoms with Gasteiger partial charge >= 0.3 is 0 Å². The number of rotatable bonds is 2. The molecule has 2 heterocycles. The largest absolute Gasteiger partial charge is 0.497 e. The van der Waals surface area contributed by atoms with Crippen LogP contribution in [0.15, 0.2) is 24.3 Å². The molecule has 1 aliphatic rings. The SMILES string of the molecule is COc1ccc2c(C(=O)N3CCC[C@H](N)C3)cc(C)nc2c1. The van der Waals surface area contributed by atoms with E-state index in [1.807, 2.05) is 36.1 Å². The Hall–Kier alpha value is -2.14. The van der Waals surface area contributed by atoms with Crippen molar-refractivity contribution in [1.29, 1.82) is 0 Å². The third-order valence-electron chi connectivity index (χ3n) is 4.12. The van der Waals surface area contributed by atoms with Crippen LogP contribution in [0.1, 0.15) is 28.9 Å². The number of likely N-dealkylation sites (tertiary alicyclic amines) is 1. The summed E-state index contributed by atoms with van der Waals surface area (Å²) in [6.07, 6.45) is 1.94. The smallest absolute Gasteiger partial charge is 0.254 e. The van der Waals surface area contributed by atoms with E-state index in [1.54, 1.807) is 7.11 Å². The zero-order valence-corrected chi connectivity index (χ0v) is 13.0. The number of piperidine rings is 1. The number of carbonyl (C=O) groups is 1. The van der Waals surface area contributed by atoms with Gasteiger partial charge < -0.3 is 15.4 Å². The van der Waals surface area contributed by atoms with Gasteiger partial charge in [-0.05, 0) is 38.0 Å². The highest BCUT2D eigenvalue weighted by molar-refractivity contribution is 6.06. The van der Waals surface area contributed by atoms with Crippen LogP contribution < -0.4 is 10.5 Å². The number of aryl methyl sites for hydroxylation is 1. The normalized spacial score (nSPS) is 18.5. The summed E-state index contributed by atoms with van der Waals surface area (Å²) < 4.78 is 5.24. The predicted octanol–water partition coefficient (Wildman–Crippen LogP) is 2.12. The number of nitrogens with zero attached hydrogens (tertiary/aromatic N) is 2. The van der Waals surface area contributed by atoms with Crippen molar-refractivity contribution < 1.29 is 9.53 Å². The molecule has 22 heavy (non-hydrogen) atoms. The maximum absolute atomic E-state index is 12.9. The summed E-state index contributed by atoms with van der Waals surface area (Å²) in [6.45, 7) is 3.29. The van der Waals surface area contributed by atoms with Crippen LogP contribution in [0.5, 0.6) is 5.75 Å². The van der Waals surface area contributed by atoms with E-state index in [0.717, 1.165) is 41.7 Å². The molecule has 1 aromatic carbocycles. The molecule has 1 amide bonds. The van der Waals surface area contributed by atoms with E-state index in [2.05, 4.69) is 4.98 Å². The number of pyridine rings is 1. The number of fused-ring (bicyclic) bond motifs is 1. The minimum Gasteiger partial charge on any atom is -0.497 e. The van der Waals surface area contributed by atoms with E-state index in [-0.39, 0.29) is 11.9 Å². The maximum atomic E-state index is 12.9. The van der Waals surface area contributed by atoms with Crippen LogP contribution >= 0.6 is 0 Å². The Bertz CT molecular complexity index is 714. The third kappa shape index (κ3) is 2.76. The number of benzene rings is 1. The van der Waals surface area contributed by atoms with E-state index < -0.39 is 0 Å². The molecule has 1 aromatic heterocycles. The second-order valence-corrected chi connectivity index (χ2v) is 5.85. The summed E-state index contributed by atoms with van der Waals surface area (Å²) in [5.41, 5.74) is 8.30. The first kappa shape index (κ1) is 14.8. The number of aromatic nitrogens is 1. The summed E-state index contributed by atoms with van der Waals surface area (Å²) >= 11 is 0. The molecular weight excluding hydrogens is 278 g/mol. The van der Waals surface area contributed by atoms with Gasteiger partial charge in [-0.2, -0.15) is 0 Å². The molecule has 3 rings (SSSR count). The van der Waals surface area contributed by atoms with Crippen LogP contribution in [0.3, 0.4) is 0 Å². The summed E-state index contributed by atoms with van der Waals surface area (Å²) in [5, 5.41) is 0.857. The fraction of sp³-hybridized carbons (Fsp3) is 0.412. The molecule has 0 spiro atoms. The van der Waals surface area contributed by atoms with E-state index in [9.17, 15) is 4.79 Å². The van der Waals surface area contributed by atoms with Crippen molar-refractivity contribution in [3.8, 4) is 5.75 Å². The monoisotopic (exact) mass is 299 g/mol. The molecule has 5 nitrogen and oxygen atoms in total. The van der Waals surface area contributed by atoms with Gasteiger partial charge in [0.2, 0.25) is 0 Å². The molecule has 0 aliphatic carbocycles. The van der Waals surface area contributed by atoms with E-state index in [4.69, 9.17) is 10.5 Å². The van der Waals surface area contributed by atoms with Crippen LogP contribution in [0, 0.1) is 6.92 Å². The van der Waals surface area contributed by atoms with Gasteiger partial charge in [0.1, 0.15) is 5.75 Å². The summed E-state index contributed by atoms with van der Waals surface area (Å²) in [6, 6.07) is 7.56. The van der Waals surface area contributed by atoms with Gasteiger partial charge in [-0.15, -0.1) is 0 Å². The van der Waals surface area contributed by atoms with Crippen molar-refractivity contribution in [1.82, 2.24) is 9.88 Å². The molecule has 1 atom stereocenters. The predicted molar refractivity (Wildman–Crippen MR) is 86.1 cm³/mol. The number of ether oxygens (including phenoxy) is 1. The lowest BCUT2D eigenvalue weighted by molar-refractivity contribution is 0.0710. The van der Waals surface area contributed by atoms with Gasteiger partial charge in [0.25, 0.3) is 5.91 Å². The number of hydrogen-bond donors (Lipinski definition) is 1. The number of carbonyl (C=O) groups excluding carboxylic acids is 1. The highest BCUT2D eigenvalue weighted by Gasteiger charge is 2.24. The lowest BCUT2D eigenvalue weighted by Crippen LogP contribution is -2.45. The Morgan fingerprint density at radius 3 is 2.95 bits per heavy atom. The van der Waals surface area contributed by atoms with Crippen molar-refractivity contribution in [3.05, 3.63) is 35.5 Å². The summed E-state index contributed by atoms with van der Waals surface area (Å²) in [5.74, 6) is 0.778. The number of methoxy groups -OCH3 is 1. The van der Waals surface area contributed by atoms with Crippen LogP contribution in [-0.2, 0) is 0 Å². The summed E-state index contributed by atoms with van der Waals surface area (Å²) in [4.78, 5) is 19.2. The van der Waals surface area contributed by atoms with Gasteiger partial charge in [0, 0.05) is 36.3 Å². The first-order chi connectivity index (χ1) is 10.6. The highest BCUT2D eigenvalue weighted by atomic mass is 16.5. The maximum Gasteiger partial charge on any atom is 0.254 e. The van der Waals surface area contributed by atoms with Gasteiger partial charge in [-0.1, -0.05) is 0 Å². The van der Waals surface area contributed by atoms with Crippen LogP contribution in [0.25, 0.3) is 10.9 Å². The van der Waals surface area contributed by atoms with Crippen molar-refractivity contribution in [2.45, 2.75) is 25.8 Å². The molecule has 116 valence electrons. The molecule has 5 heteroatoms. The minimum absolute atomic E-state index is 0.0378. The topological polar surface area (TPSA) is 68.5 Å². The van der Waals surface area contributed by atoms with Crippen molar-refractivity contribution in [2.24, 2.45) is 5.73 Å². The molecule has 0 bridgehead atoms. The average molecular weight is 299 g/mol. The fourth-order valence-corrected chi connectivity index (χ4v) is 3.01. The first-order valence-electron chi connectivity index (χ1n) is 7.58. The molecule has 0 saturated carbocycles. The molecular formula is C17H21N3O2. The van der Waals surface area contributed by atoms with Gasteiger partial charge in [-0.25, -0.2) is 0 Å². The quantitative estimate of drug-likeness (QED) is 0.922. The van der Waals surface area contributed by atoms with Gasteiger partial charge in [0.15, 0.2) is 0 Å². The molecule has 0 radical (unpaired) electrons. The fourth-order valence-electron chi connectivity index (χ4n) is 3.01. The molecule has 2 N–H and O–H groups in total. The number of nitrogens with two attached hydrogens (primary N) is 1. The van der Waals surface area contributed by atoms with E-state index in [0.29, 0.717) is 12.1 Å². The Morgan fingerprint density at radius 1 is 1.41 bits per heavy atom. The van der Waals surface area contributed by atoms with Gasteiger partial charge in [0.05, 0.1) is 18.2 Å². The van der Waals surface area contributed by atoms with Crippen LogP contribution in [0.2, 0.25) is 0 Å². The van der Waals surface area contributed by atoms with Crippen LogP contribution in [-0.4, -0.2) is 42.0 Å². The Balaban J connectivity index is 2.03. The Kier molecular flexibility index (Phi) is 3.98. The average Bonchev–Trinajstić information content (AvgIpc) is 2.52. The first-order valence-corrected chi connectivity index (χ1v) is 7.58. The molecule has 0 unspecified atom stereocenters. The standard InChI is InChI=1S/C17H21N3O2/c1-11-8-15(17(21)20-7-3-4-12(18)10-20)14-6-5-13(22-2)9-16(14)19-11/h5-6,8-9,12H,3-4,7,10,18H2,1-2H3/t12-/m0/s1. The highest BCUT2D eigenvalue weighted by Crippen LogP contribution is 2.25. The lowest BCUT2D eigenvalue weighted by atomic mass is 10.0. The van der Waals surface area contributed by atoms with Crippen molar-refractivity contribution in [2.75, 3.05) is 20.2 Å². The van der Waals surface area contributed by atoms with Crippen molar-refractivity contribution in [3.63, 3.8) is 0 Å². The Morgan fingerprint density at radius 2 is 2.23 bits per heavy atom. The third-order valence-corrected chi connectivity index (χ3v) is 4.12. The second-order valence-electron chi connectivity index (χ2n) is 5.85. The lowest BCUT2D eigenvalue weighted by Gasteiger charge is -2.31. The zero-order chi connectivity index (χ0) is 15.7. The summed E-state index contributed by atoms with van der Waals surface area (Å²) in [7, 11) is 1.62. The molecule has 1 fully saturated rings.